The predicted octanol–water partition coefficient (Wildman–Crippen LogP) is 0.930. The molecule has 0 spiro atoms. The van der Waals surface area contributed by atoms with Gasteiger partial charge in [0.2, 0.25) is 15.9 Å². The van der Waals surface area contributed by atoms with Crippen molar-refractivity contribution in [2.24, 2.45) is 5.92 Å². The van der Waals surface area contributed by atoms with Crippen molar-refractivity contribution < 1.29 is 13.2 Å². The third kappa shape index (κ3) is 4.25. The number of nitrogens with zero attached hydrogens (tertiary/aromatic N) is 2. The largest absolute Gasteiger partial charge is 0.349 e. The van der Waals surface area contributed by atoms with Crippen molar-refractivity contribution >= 4 is 15.9 Å². The molecule has 1 saturated heterocycles. The van der Waals surface area contributed by atoms with Gasteiger partial charge in [-0.3, -0.25) is 9.78 Å². The number of carbonyl (C=O) groups excluding carboxylic acids is 1. The van der Waals surface area contributed by atoms with E-state index in [1.54, 1.807) is 12.4 Å². The van der Waals surface area contributed by atoms with Crippen LogP contribution in [-0.2, 0) is 14.8 Å². The van der Waals surface area contributed by atoms with Gasteiger partial charge in [-0.05, 0) is 37.5 Å². The molecule has 2 atom stereocenters. The van der Waals surface area contributed by atoms with Crippen LogP contribution in [0.1, 0.15) is 31.4 Å². The molecule has 0 radical (unpaired) electrons. The van der Waals surface area contributed by atoms with E-state index in [0.29, 0.717) is 6.54 Å². The smallest absolute Gasteiger partial charge is 0.224 e. The molecular formula is C14H21N3O3S. The molecule has 116 valence electrons. The van der Waals surface area contributed by atoms with Crippen LogP contribution in [0.4, 0.5) is 0 Å². The molecule has 1 aromatic heterocycles. The molecule has 1 fully saturated rings. The predicted molar refractivity (Wildman–Crippen MR) is 79.9 cm³/mol. The van der Waals surface area contributed by atoms with Crippen LogP contribution >= 0.6 is 0 Å². The van der Waals surface area contributed by atoms with Crippen molar-refractivity contribution in [1.82, 2.24) is 14.6 Å². The zero-order valence-electron chi connectivity index (χ0n) is 12.3. The molecule has 1 N–H and O–H groups in total. The number of aromatic nitrogens is 1. The van der Waals surface area contributed by atoms with Gasteiger partial charge in [0.05, 0.1) is 18.2 Å². The normalized spacial score (nSPS) is 21.7. The van der Waals surface area contributed by atoms with Gasteiger partial charge in [-0.15, -0.1) is 0 Å². The second kappa shape index (κ2) is 6.53. The molecule has 2 heterocycles. The van der Waals surface area contributed by atoms with Crippen LogP contribution in [0.15, 0.2) is 24.5 Å². The van der Waals surface area contributed by atoms with Crippen LogP contribution in [0.3, 0.4) is 0 Å². The summed E-state index contributed by atoms with van der Waals surface area (Å²) in [6, 6.07) is 3.59. The molecule has 1 aliphatic rings. The lowest BCUT2D eigenvalue weighted by Crippen LogP contribution is -2.45. The van der Waals surface area contributed by atoms with Crippen LogP contribution in [0, 0.1) is 5.92 Å². The van der Waals surface area contributed by atoms with Crippen LogP contribution in [0.5, 0.6) is 0 Å². The average molecular weight is 311 g/mol. The van der Waals surface area contributed by atoms with Crippen molar-refractivity contribution in [3.63, 3.8) is 0 Å². The Morgan fingerprint density at radius 2 is 2.10 bits per heavy atom. The molecule has 0 aromatic carbocycles. The topological polar surface area (TPSA) is 79.4 Å². The molecular weight excluding hydrogens is 290 g/mol. The molecule has 7 heteroatoms. The fourth-order valence-electron chi connectivity index (χ4n) is 2.52. The number of sulfonamides is 1. The summed E-state index contributed by atoms with van der Waals surface area (Å²) in [6.07, 6.45) is 6.00. The Kier molecular flexibility index (Phi) is 4.95. The van der Waals surface area contributed by atoms with Crippen molar-refractivity contribution in [2.75, 3.05) is 19.3 Å². The SMILES string of the molecule is C[C@@H](NC(=O)[C@H]1CCCN(S(C)(=O)=O)C1)c1ccncc1. The van der Waals surface area contributed by atoms with Crippen molar-refractivity contribution in [1.29, 1.82) is 0 Å². The second-order valence-electron chi connectivity index (χ2n) is 5.47. The van der Waals surface area contributed by atoms with Gasteiger partial charge < -0.3 is 5.32 Å². The lowest BCUT2D eigenvalue weighted by molar-refractivity contribution is -0.126. The molecule has 21 heavy (non-hydrogen) atoms. The number of hydrogen-bond acceptors (Lipinski definition) is 4. The summed E-state index contributed by atoms with van der Waals surface area (Å²) in [6.45, 7) is 2.68. The first kappa shape index (κ1) is 15.9. The lowest BCUT2D eigenvalue weighted by atomic mass is 9.98. The molecule has 0 aliphatic carbocycles. The number of hydrogen-bond donors (Lipinski definition) is 1. The van der Waals surface area contributed by atoms with Crippen LogP contribution in [-0.4, -0.2) is 43.0 Å². The van der Waals surface area contributed by atoms with Crippen LogP contribution < -0.4 is 5.32 Å². The van der Waals surface area contributed by atoms with Gasteiger partial charge in [0.1, 0.15) is 0 Å². The van der Waals surface area contributed by atoms with E-state index in [1.165, 1.54) is 10.6 Å². The fraction of sp³-hybridized carbons (Fsp3) is 0.571. The number of piperidine rings is 1. The molecule has 2 rings (SSSR count). The zero-order valence-corrected chi connectivity index (χ0v) is 13.1. The summed E-state index contributed by atoms with van der Waals surface area (Å²) in [7, 11) is -3.23. The van der Waals surface area contributed by atoms with E-state index in [1.807, 2.05) is 19.1 Å². The van der Waals surface area contributed by atoms with Gasteiger partial charge in [-0.2, -0.15) is 0 Å². The lowest BCUT2D eigenvalue weighted by Gasteiger charge is -2.30. The van der Waals surface area contributed by atoms with E-state index in [-0.39, 0.29) is 24.4 Å². The minimum atomic E-state index is -3.23. The first-order valence-electron chi connectivity index (χ1n) is 7.03. The maximum absolute atomic E-state index is 12.3. The summed E-state index contributed by atoms with van der Waals surface area (Å²) in [4.78, 5) is 16.3. The Labute approximate surface area is 125 Å². The highest BCUT2D eigenvalue weighted by Gasteiger charge is 2.30. The summed E-state index contributed by atoms with van der Waals surface area (Å²) in [5.74, 6) is -0.370. The van der Waals surface area contributed by atoms with Gasteiger partial charge in [0.15, 0.2) is 0 Å². The van der Waals surface area contributed by atoms with E-state index in [0.717, 1.165) is 18.4 Å². The molecule has 6 nitrogen and oxygen atoms in total. The Bertz CT molecular complexity index is 589. The van der Waals surface area contributed by atoms with Crippen LogP contribution in [0.2, 0.25) is 0 Å². The summed E-state index contributed by atoms with van der Waals surface area (Å²) < 4.78 is 24.6. The Morgan fingerprint density at radius 3 is 2.71 bits per heavy atom. The highest BCUT2D eigenvalue weighted by Crippen LogP contribution is 2.20. The Balaban J connectivity index is 1.97. The second-order valence-corrected chi connectivity index (χ2v) is 7.45. The molecule has 1 aromatic rings. The maximum Gasteiger partial charge on any atom is 0.224 e. The minimum Gasteiger partial charge on any atom is -0.349 e. The highest BCUT2D eigenvalue weighted by atomic mass is 32.2. The van der Waals surface area contributed by atoms with Crippen molar-refractivity contribution in [3.05, 3.63) is 30.1 Å². The number of amides is 1. The van der Waals surface area contributed by atoms with E-state index in [9.17, 15) is 13.2 Å². The van der Waals surface area contributed by atoms with Gasteiger partial charge in [0.25, 0.3) is 0 Å². The number of carbonyl (C=O) groups is 1. The van der Waals surface area contributed by atoms with E-state index in [2.05, 4.69) is 10.3 Å². The molecule has 1 aliphatic heterocycles. The molecule has 0 bridgehead atoms. The summed E-state index contributed by atoms with van der Waals surface area (Å²) >= 11 is 0. The first-order chi connectivity index (χ1) is 9.88. The third-order valence-electron chi connectivity index (χ3n) is 3.79. The third-order valence-corrected chi connectivity index (χ3v) is 5.06. The summed E-state index contributed by atoms with van der Waals surface area (Å²) in [5.41, 5.74) is 0.981. The quantitative estimate of drug-likeness (QED) is 0.897. The van der Waals surface area contributed by atoms with Crippen molar-refractivity contribution in [3.8, 4) is 0 Å². The monoisotopic (exact) mass is 311 g/mol. The fourth-order valence-corrected chi connectivity index (χ4v) is 3.44. The summed E-state index contributed by atoms with van der Waals surface area (Å²) in [5, 5.41) is 2.95. The molecule has 1 amide bonds. The average Bonchev–Trinajstić information content (AvgIpc) is 2.47. The minimum absolute atomic E-state index is 0.0901. The Hall–Kier alpha value is -1.47. The standard InChI is InChI=1S/C14H21N3O3S/c1-11(12-5-7-15-8-6-12)16-14(18)13-4-3-9-17(10-13)21(2,19)20/h5-8,11,13H,3-4,9-10H2,1-2H3,(H,16,18)/t11-,13+/m1/s1. The van der Waals surface area contributed by atoms with Gasteiger partial charge >= 0.3 is 0 Å². The van der Waals surface area contributed by atoms with Gasteiger partial charge in [-0.25, -0.2) is 12.7 Å². The molecule has 0 unspecified atom stereocenters. The first-order valence-corrected chi connectivity index (χ1v) is 8.88. The van der Waals surface area contributed by atoms with Crippen molar-refractivity contribution in [2.45, 2.75) is 25.8 Å². The molecule has 0 saturated carbocycles. The highest BCUT2D eigenvalue weighted by molar-refractivity contribution is 7.88. The number of pyridine rings is 1. The van der Waals surface area contributed by atoms with Gasteiger partial charge in [0, 0.05) is 25.5 Å². The number of nitrogens with one attached hydrogen (secondary N) is 1. The number of rotatable bonds is 4. The van der Waals surface area contributed by atoms with Gasteiger partial charge in [-0.1, -0.05) is 0 Å². The van der Waals surface area contributed by atoms with Crippen LogP contribution in [0.25, 0.3) is 0 Å². The zero-order chi connectivity index (χ0) is 15.5. The van der Waals surface area contributed by atoms with E-state index in [4.69, 9.17) is 0 Å². The Morgan fingerprint density at radius 1 is 1.43 bits per heavy atom. The maximum atomic E-state index is 12.3. The van der Waals surface area contributed by atoms with E-state index >= 15 is 0 Å². The van der Waals surface area contributed by atoms with E-state index < -0.39 is 10.0 Å².